The summed E-state index contributed by atoms with van der Waals surface area (Å²) < 4.78 is 47.8. The van der Waals surface area contributed by atoms with Crippen LogP contribution in [0.25, 0.3) is 0 Å². The lowest BCUT2D eigenvalue weighted by Gasteiger charge is -2.09. The summed E-state index contributed by atoms with van der Waals surface area (Å²) in [5, 5.41) is 10.3. The number of nitrogens with zero attached hydrogens (tertiary/aromatic N) is 1. The molecule has 0 spiro atoms. The van der Waals surface area contributed by atoms with Crippen LogP contribution in [0.1, 0.15) is 11.1 Å². The average molecular weight is 461 g/mol. The lowest BCUT2D eigenvalue weighted by molar-refractivity contribution is 0.251. The van der Waals surface area contributed by atoms with Gasteiger partial charge in [0.15, 0.2) is 9.84 Å². The van der Waals surface area contributed by atoms with Crippen LogP contribution in [-0.4, -0.2) is 27.9 Å². The molecule has 1 aromatic heterocycles. The largest absolute Gasteiger partial charge is 0.334 e. The van der Waals surface area contributed by atoms with Crippen molar-refractivity contribution in [2.45, 2.75) is 22.1 Å². The van der Waals surface area contributed by atoms with Crippen molar-refractivity contribution in [1.82, 2.24) is 10.3 Å². The van der Waals surface area contributed by atoms with E-state index in [4.69, 9.17) is 5.14 Å². The van der Waals surface area contributed by atoms with Crippen molar-refractivity contribution in [1.29, 1.82) is 0 Å². The van der Waals surface area contributed by atoms with Gasteiger partial charge >= 0.3 is 6.03 Å². The Morgan fingerprint density at radius 3 is 2.10 bits per heavy atom. The van der Waals surface area contributed by atoms with Gasteiger partial charge in [-0.2, -0.15) is 0 Å². The van der Waals surface area contributed by atoms with E-state index in [2.05, 4.69) is 15.6 Å². The summed E-state index contributed by atoms with van der Waals surface area (Å²) in [7, 11) is -7.51. The van der Waals surface area contributed by atoms with Gasteiger partial charge in [-0.3, -0.25) is 4.98 Å². The smallest absolute Gasteiger partial charge is 0.319 e. The van der Waals surface area contributed by atoms with E-state index in [1.165, 1.54) is 48.5 Å². The van der Waals surface area contributed by atoms with Crippen molar-refractivity contribution in [2.24, 2.45) is 5.14 Å². The molecule has 0 aliphatic rings. The fraction of sp³-hybridized carbons (Fsp3) is 0.100. The molecule has 0 saturated heterocycles. The van der Waals surface area contributed by atoms with Gasteiger partial charge in [-0.25, -0.2) is 26.8 Å². The van der Waals surface area contributed by atoms with Crippen molar-refractivity contribution >= 4 is 31.6 Å². The minimum Gasteiger partial charge on any atom is -0.334 e. The number of primary sulfonamides is 1. The maximum absolute atomic E-state index is 12.6. The first-order valence-electron chi connectivity index (χ1n) is 9.02. The Morgan fingerprint density at radius 2 is 1.52 bits per heavy atom. The number of sulfone groups is 1. The second-order valence-corrected chi connectivity index (χ2v) is 10.2. The summed E-state index contributed by atoms with van der Waals surface area (Å²) in [6.45, 7) is 0.302. The standard InChI is InChI=1S/C20H20N4O5S2/c21-31(28,29)19-7-3-15(4-8-19)14-30(26,27)18-9-5-17(6-10-18)24-20(25)23-13-16-2-1-11-22-12-16/h1-12H,13-14H2,(H2,21,28,29)(H2,23,24,25). The number of hydrogen-bond donors (Lipinski definition) is 3. The van der Waals surface area contributed by atoms with E-state index in [1.54, 1.807) is 18.5 Å². The van der Waals surface area contributed by atoms with Gasteiger partial charge in [0.05, 0.1) is 15.5 Å². The highest BCUT2D eigenvalue weighted by atomic mass is 32.2. The maximum Gasteiger partial charge on any atom is 0.319 e. The van der Waals surface area contributed by atoms with Gasteiger partial charge in [-0.1, -0.05) is 18.2 Å². The Hall–Kier alpha value is -3.28. The third-order valence-corrected chi connectivity index (χ3v) is 6.89. The summed E-state index contributed by atoms with van der Waals surface area (Å²) >= 11 is 0. The molecule has 0 radical (unpaired) electrons. The molecule has 0 fully saturated rings. The van der Waals surface area contributed by atoms with Crippen LogP contribution in [0, 0.1) is 0 Å². The Bertz CT molecular complexity index is 1260. The SMILES string of the molecule is NS(=O)(=O)c1ccc(CS(=O)(=O)c2ccc(NC(=O)NCc3cccnc3)cc2)cc1. The normalized spacial score (nSPS) is 11.6. The van der Waals surface area contributed by atoms with Crippen LogP contribution in [0.5, 0.6) is 0 Å². The van der Waals surface area contributed by atoms with E-state index in [0.717, 1.165) is 5.56 Å². The first-order valence-corrected chi connectivity index (χ1v) is 12.2. The molecular formula is C20H20N4O5S2. The Morgan fingerprint density at radius 1 is 0.871 bits per heavy atom. The molecule has 31 heavy (non-hydrogen) atoms. The minimum atomic E-state index is -3.84. The molecule has 0 unspecified atom stereocenters. The van der Waals surface area contributed by atoms with Gasteiger partial charge in [0.2, 0.25) is 10.0 Å². The van der Waals surface area contributed by atoms with E-state index in [1.807, 2.05) is 6.07 Å². The third kappa shape index (κ3) is 6.35. The number of pyridine rings is 1. The lowest BCUT2D eigenvalue weighted by Crippen LogP contribution is -2.28. The lowest BCUT2D eigenvalue weighted by atomic mass is 10.2. The summed E-state index contributed by atoms with van der Waals surface area (Å²) in [6, 6.07) is 14.2. The Kier molecular flexibility index (Phi) is 6.68. The fourth-order valence-corrected chi connectivity index (χ4v) is 4.55. The van der Waals surface area contributed by atoms with Crippen LogP contribution in [0.15, 0.2) is 82.8 Å². The van der Waals surface area contributed by atoms with E-state index in [0.29, 0.717) is 17.8 Å². The number of anilines is 1. The van der Waals surface area contributed by atoms with Crippen molar-refractivity contribution in [3.05, 3.63) is 84.2 Å². The molecular weight excluding hydrogens is 440 g/mol. The van der Waals surface area contributed by atoms with E-state index in [9.17, 15) is 21.6 Å². The maximum atomic E-state index is 12.6. The van der Waals surface area contributed by atoms with Gasteiger partial charge in [-0.05, 0) is 53.6 Å². The zero-order valence-corrected chi connectivity index (χ0v) is 17.9. The molecule has 3 aromatic rings. The highest BCUT2D eigenvalue weighted by Crippen LogP contribution is 2.20. The molecule has 0 aliphatic carbocycles. The molecule has 0 saturated carbocycles. The van der Waals surface area contributed by atoms with E-state index >= 15 is 0 Å². The van der Waals surface area contributed by atoms with Crippen LogP contribution in [0.4, 0.5) is 10.5 Å². The zero-order valence-electron chi connectivity index (χ0n) is 16.2. The summed E-state index contributed by atoms with van der Waals surface area (Å²) in [5.74, 6) is -0.309. The molecule has 11 heteroatoms. The highest BCUT2D eigenvalue weighted by Gasteiger charge is 2.16. The van der Waals surface area contributed by atoms with Crippen LogP contribution in [0.2, 0.25) is 0 Å². The number of amides is 2. The zero-order chi connectivity index (χ0) is 22.5. The number of carbonyl (C=O) groups is 1. The molecule has 162 valence electrons. The number of urea groups is 1. The second-order valence-electron chi connectivity index (χ2n) is 6.64. The van der Waals surface area contributed by atoms with Gasteiger partial charge in [0, 0.05) is 24.6 Å². The van der Waals surface area contributed by atoms with Crippen molar-refractivity contribution in [3.8, 4) is 0 Å². The van der Waals surface area contributed by atoms with Gasteiger partial charge in [-0.15, -0.1) is 0 Å². The number of sulfonamides is 1. The Labute approximate surface area is 180 Å². The molecule has 2 amide bonds. The fourth-order valence-electron chi connectivity index (χ4n) is 2.68. The molecule has 3 rings (SSSR count). The first kappa shape index (κ1) is 22.4. The monoisotopic (exact) mass is 460 g/mol. The van der Waals surface area contributed by atoms with E-state index < -0.39 is 25.9 Å². The van der Waals surface area contributed by atoms with Crippen molar-refractivity contribution < 1.29 is 21.6 Å². The van der Waals surface area contributed by atoms with Crippen molar-refractivity contribution in [3.63, 3.8) is 0 Å². The van der Waals surface area contributed by atoms with Gasteiger partial charge in [0.25, 0.3) is 0 Å². The molecule has 0 atom stereocenters. The number of rotatable bonds is 7. The van der Waals surface area contributed by atoms with Crippen LogP contribution >= 0.6 is 0 Å². The van der Waals surface area contributed by atoms with Crippen LogP contribution < -0.4 is 15.8 Å². The molecule has 9 nitrogen and oxygen atoms in total. The summed E-state index contributed by atoms with van der Waals surface area (Å²) in [4.78, 5) is 15.9. The second kappa shape index (κ2) is 9.25. The molecule has 4 N–H and O–H groups in total. The third-order valence-electron chi connectivity index (χ3n) is 4.26. The number of nitrogens with one attached hydrogen (secondary N) is 2. The number of benzene rings is 2. The van der Waals surface area contributed by atoms with Crippen LogP contribution in [0.3, 0.4) is 0 Å². The molecule has 2 aromatic carbocycles. The summed E-state index contributed by atoms with van der Waals surface area (Å²) in [5.41, 5.74) is 1.70. The quantitative estimate of drug-likeness (QED) is 0.491. The predicted octanol–water partition coefficient (Wildman–Crippen LogP) is 2.02. The number of hydrogen-bond acceptors (Lipinski definition) is 6. The van der Waals surface area contributed by atoms with Gasteiger partial charge in [0.1, 0.15) is 0 Å². The van der Waals surface area contributed by atoms with Gasteiger partial charge < -0.3 is 10.6 Å². The number of nitrogens with two attached hydrogens (primary N) is 1. The minimum absolute atomic E-state index is 0.0735. The average Bonchev–Trinajstić information content (AvgIpc) is 2.73. The van der Waals surface area contributed by atoms with E-state index in [-0.39, 0.29) is 15.5 Å². The Balaban J connectivity index is 1.61. The molecule has 1 heterocycles. The molecule has 0 aliphatic heterocycles. The first-order chi connectivity index (χ1) is 14.6. The molecule has 0 bridgehead atoms. The van der Waals surface area contributed by atoms with Crippen molar-refractivity contribution in [2.75, 3.05) is 5.32 Å². The summed E-state index contributed by atoms with van der Waals surface area (Å²) in [6.07, 6.45) is 3.28. The topological polar surface area (TPSA) is 148 Å². The number of aromatic nitrogens is 1. The predicted molar refractivity (Wildman–Crippen MR) is 115 cm³/mol. The number of carbonyl (C=O) groups excluding carboxylic acids is 1. The highest BCUT2D eigenvalue weighted by molar-refractivity contribution is 7.90. The van der Waals surface area contributed by atoms with Crippen LogP contribution in [-0.2, 0) is 32.2 Å².